The third kappa shape index (κ3) is 15.5. The number of carboxylic acids is 1. The van der Waals surface area contributed by atoms with Crippen LogP contribution in [0.3, 0.4) is 0 Å². The molecular formula is C36H66N10O10. The van der Waals surface area contributed by atoms with Gasteiger partial charge in [-0.25, -0.2) is 4.79 Å². The number of amides is 6. The van der Waals surface area contributed by atoms with Crippen LogP contribution in [0.25, 0.3) is 0 Å². The minimum absolute atomic E-state index is 0.0292. The molecule has 0 aliphatic carbocycles. The molecule has 0 unspecified atom stereocenters. The number of aliphatic imine (C=N–C) groups is 1. The molecule has 1 saturated heterocycles. The van der Waals surface area contributed by atoms with Crippen molar-refractivity contribution in [2.75, 3.05) is 19.7 Å². The molecule has 0 aromatic rings. The predicted octanol–water partition coefficient (Wildman–Crippen LogP) is -2.62. The topological polar surface area (TPSA) is 334 Å². The second-order valence-corrected chi connectivity index (χ2v) is 15.0. The highest BCUT2D eigenvalue weighted by atomic mass is 16.4. The van der Waals surface area contributed by atoms with E-state index in [1.165, 1.54) is 11.8 Å². The van der Waals surface area contributed by atoms with E-state index in [1.807, 2.05) is 13.8 Å². The number of hydrogen-bond donors (Lipinski definition) is 11. The van der Waals surface area contributed by atoms with Gasteiger partial charge in [0, 0.05) is 13.1 Å². The van der Waals surface area contributed by atoms with Gasteiger partial charge in [-0.3, -0.25) is 33.8 Å². The molecule has 0 bridgehead atoms. The summed E-state index contributed by atoms with van der Waals surface area (Å²) in [6.45, 7) is 11.3. The third-order valence-electron chi connectivity index (χ3n) is 9.91. The van der Waals surface area contributed by atoms with Crippen molar-refractivity contribution in [2.45, 2.75) is 142 Å². The Morgan fingerprint density at radius 3 is 1.86 bits per heavy atom. The van der Waals surface area contributed by atoms with Gasteiger partial charge in [0.15, 0.2) is 5.96 Å². The van der Waals surface area contributed by atoms with Crippen molar-refractivity contribution in [2.24, 2.45) is 39.9 Å². The Bertz CT molecular complexity index is 1380. The maximum absolute atomic E-state index is 13.8. The molecule has 20 heteroatoms. The number of carboxylic acid groups (broad SMARTS) is 1. The Hall–Kier alpha value is -4.56. The molecule has 1 heterocycles. The van der Waals surface area contributed by atoms with E-state index in [-0.39, 0.29) is 44.2 Å². The van der Waals surface area contributed by atoms with E-state index >= 15 is 0 Å². The smallest absolute Gasteiger partial charge is 0.326 e. The average Bonchev–Trinajstić information content (AvgIpc) is 3.63. The lowest BCUT2D eigenvalue weighted by Crippen LogP contribution is -2.62. The van der Waals surface area contributed by atoms with Crippen molar-refractivity contribution >= 4 is 47.4 Å². The zero-order valence-corrected chi connectivity index (χ0v) is 33.7. The van der Waals surface area contributed by atoms with Crippen LogP contribution < -0.4 is 43.8 Å². The van der Waals surface area contributed by atoms with Crippen molar-refractivity contribution in [1.82, 2.24) is 31.5 Å². The van der Waals surface area contributed by atoms with Gasteiger partial charge >= 0.3 is 5.97 Å². The van der Waals surface area contributed by atoms with Crippen molar-refractivity contribution in [3.05, 3.63) is 0 Å². The molecule has 1 aliphatic rings. The zero-order valence-electron chi connectivity index (χ0n) is 33.7. The highest BCUT2D eigenvalue weighted by Gasteiger charge is 2.41. The van der Waals surface area contributed by atoms with Gasteiger partial charge in [0.1, 0.15) is 36.3 Å². The molecule has 0 aromatic carbocycles. The van der Waals surface area contributed by atoms with E-state index in [2.05, 4.69) is 31.6 Å². The summed E-state index contributed by atoms with van der Waals surface area (Å²) < 4.78 is 0. The second kappa shape index (κ2) is 24.2. The van der Waals surface area contributed by atoms with E-state index in [0.29, 0.717) is 25.7 Å². The van der Waals surface area contributed by atoms with Crippen LogP contribution in [-0.4, -0.2) is 136 Å². The minimum atomic E-state index is -1.63. The number of rotatable bonds is 24. The van der Waals surface area contributed by atoms with Gasteiger partial charge in [0.25, 0.3) is 0 Å². The number of aliphatic hydroxyl groups is 2. The highest BCUT2D eigenvalue weighted by Crippen LogP contribution is 2.21. The molecule has 320 valence electrons. The number of carbonyl (C=O) groups is 7. The lowest BCUT2D eigenvalue weighted by Gasteiger charge is -2.31. The molecule has 0 radical (unpaired) electrons. The van der Waals surface area contributed by atoms with Crippen molar-refractivity contribution < 1.29 is 48.9 Å². The van der Waals surface area contributed by atoms with Crippen LogP contribution in [0.4, 0.5) is 0 Å². The fourth-order valence-electron chi connectivity index (χ4n) is 6.12. The maximum Gasteiger partial charge on any atom is 0.326 e. The standard InChI is InChI=1S/C36H66N10O10/c1-8-19(5)26(32(52)44-27(35(55)56)20(6)9-2)43-30(50)24(17-47)42-33(53)28(21(7)48)45-31(51)25-13-11-15-46(25)34(54)23(16-18(3)4)41-29(49)22(37)12-10-14-40-36(38)39/h18-28,47-48H,8-17,37H2,1-7H3,(H,41,49)(H,42,53)(H,43,50)(H,44,52)(H,45,51)(H,55,56)(H4,38,39,40)/t19-,20-,21+,22-,23-,24-,25-,26-,27-,28-/m0/s1. The molecule has 0 aromatic heterocycles. The van der Waals surface area contributed by atoms with Gasteiger partial charge in [0.2, 0.25) is 35.4 Å². The molecule has 14 N–H and O–H groups in total. The summed E-state index contributed by atoms with van der Waals surface area (Å²) in [6.07, 6.45) is 0.950. The van der Waals surface area contributed by atoms with Crippen LogP contribution in [0.1, 0.15) is 93.4 Å². The van der Waals surface area contributed by atoms with E-state index < -0.39 is 108 Å². The first-order valence-electron chi connectivity index (χ1n) is 19.3. The lowest BCUT2D eigenvalue weighted by molar-refractivity contribution is -0.144. The Morgan fingerprint density at radius 1 is 0.786 bits per heavy atom. The van der Waals surface area contributed by atoms with Crippen LogP contribution >= 0.6 is 0 Å². The van der Waals surface area contributed by atoms with E-state index in [9.17, 15) is 48.9 Å². The molecule has 6 amide bonds. The van der Waals surface area contributed by atoms with Crippen LogP contribution in [0.5, 0.6) is 0 Å². The van der Waals surface area contributed by atoms with Gasteiger partial charge in [-0.05, 0) is 56.8 Å². The third-order valence-corrected chi connectivity index (χ3v) is 9.91. The molecule has 56 heavy (non-hydrogen) atoms. The molecule has 0 spiro atoms. The quantitative estimate of drug-likeness (QED) is 0.0271. The van der Waals surface area contributed by atoms with Gasteiger partial charge in [-0.1, -0.05) is 54.4 Å². The van der Waals surface area contributed by atoms with E-state index in [0.717, 1.165) is 0 Å². The molecule has 1 rings (SSSR count). The second-order valence-electron chi connectivity index (χ2n) is 15.0. The number of aliphatic carboxylic acids is 1. The van der Waals surface area contributed by atoms with Crippen molar-refractivity contribution in [3.63, 3.8) is 0 Å². The minimum Gasteiger partial charge on any atom is -0.480 e. The summed E-state index contributed by atoms with van der Waals surface area (Å²) in [5.74, 6) is -6.86. The summed E-state index contributed by atoms with van der Waals surface area (Å²) in [4.78, 5) is 97.4. The number of nitrogens with two attached hydrogens (primary N) is 3. The molecule has 10 atom stereocenters. The first-order valence-corrected chi connectivity index (χ1v) is 19.3. The molecule has 20 nitrogen and oxygen atoms in total. The van der Waals surface area contributed by atoms with Crippen LogP contribution in [0, 0.1) is 17.8 Å². The lowest BCUT2D eigenvalue weighted by atomic mass is 9.95. The van der Waals surface area contributed by atoms with Crippen molar-refractivity contribution in [3.8, 4) is 0 Å². The zero-order chi connectivity index (χ0) is 42.9. The molecule has 0 saturated carbocycles. The fourth-order valence-corrected chi connectivity index (χ4v) is 6.12. The Labute approximate surface area is 328 Å². The van der Waals surface area contributed by atoms with Gasteiger partial charge in [-0.15, -0.1) is 0 Å². The maximum atomic E-state index is 13.8. The number of nitrogens with zero attached hydrogens (tertiary/aromatic N) is 2. The number of aliphatic hydroxyl groups excluding tert-OH is 2. The van der Waals surface area contributed by atoms with Gasteiger partial charge in [-0.2, -0.15) is 0 Å². The Morgan fingerprint density at radius 2 is 1.34 bits per heavy atom. The number of guanidine groups is 1. The Kier molecular flexibility index (Phi) is 21.3. The summed E-state index contributed by atoms with van der Waals surface area (Å²) in [5.41, 5.74) is 16.7. The van der Waals surface area contributed by atoms with E-state index in [4.69, 9.17) is 17.2 Å². The summed E-state index contributed by atoms with van der Waals surface area (Å²) in [5, 5.41) is 42.7. The number of hydrogen-bond acceptors (Lipinski definition) is 11. The summed E-state index contributed by atoms with van der Waals surface area (Å²) in [6, 6.07) is -8.73. The monoisotopic (exact) mass is 798 g/mol. The average molecular weight is 799 g/mol. The normalized spacial score (nSPS) is 18.8. The molecule has 1 fully saturated rings. The highest BCUT2D eigenvalue weighted by molar-refractivity contribution is 5.97. The number of likely N-dealkylation sites (tertiary alicyclic amines) is 1. The number of carbonyl (C=O) groups excluding carboxylic acids is 6. The Balaban J connectivity index is 3.11. The van der Waals surface area contributed by atoms with Gasteiger partial charge < -0.3 is 64.0 Å². The largest absolute Gasteiger partial charge is 0.480 e. The molecule has 1 aliphatic heterocycles. The number of nitrogens with one attached hydrogen (secondary N) is 5. The van der Waals surface area contributed by atoms with Crippen molar-refractivity contribution in [1.29, 1.82) is 0 Å². The van der Waals surface area contributed by atoms with Gasteiger partial charge in [0.05, 0.1) is 18.8 Å². The summed E-state index contributed by atoms with van der Waals surface area (Å²) >= 11 is 0. The summed E-state index contributed by atoms with van der Waals surface area (Å²) in [7, 11) is 0. The SMILES string of the molecule is CC[C@H](C)[C@H](NC(=O)[C@@H](NC(=O)[C@H](CO)NC(=O)[C@@H](NC(=O)[C@@H]1CCCN1C(=O)[C@H](CC(C)C)NC(=O)[C@@H](N)CCCN=C(N)N)[C@@H](C)O)[C@@H](C)CC)C(=O)O. The van der Waals surface area contributed by atoms with Crippen LogP contribution in [0.2, 0.25) is 0 Å². The first-order chi connectivity index (χ1) is 26.2. The van der Waals surface area contributed by atoms with E-state index in [1.54, 1.807) is 27.7 Å². The predicted molar refractivity (Wildman–Crippen MR) is 207 cm³/mol. The fraction of sp³-hybridized carbons (Fsp3) is 0.778. The van der Waals surface area contributed by atoms with Crippen LogP contribution in [-0.2, 0) is 33.6 Å². The first kappa shape index (κ1) is 49.5. The molecular weight excluding hydrogens is 732 g/mol. The van der Waals surface area contributed by atoms with Crippen LogP contribution in [0.15, 0.2) is 4.99 Å².